The highest BCUT2D eigenvalue weighted by molar-refractivity contribution is 7.16. The minimum atomic E-state index is -0.386. The Bertz CT molecular complexity index is 947. The largest absolute Gasteiger partial charge is 0.497 e. The van der Waals surface area contributed by atoms with Crippen LogP contribution in [0.25, 0.3) is 4.96 Å². The third kappa shape index (κ3) is 3.69. The minimum absolute atomic E-state index is 0.102. The number of benzene rings is 1. The van der Waals surface area contributed by atoms with E-state index in [-0.39, 0.29) is 17.2 Å². The highest BCUT2D eigenvalue weighted by Crippen LogP contribution is 2.15. The molecule has 0 radical (unpaired) electrons. The first-order chi connectivity index (χ1) is 12.1. The maximum atomic E-state index is 12.5. The van der Waals surface area contributed by atoms with E-state index < -0.39 is 0 Å². The van der Waals surface area contributed by atoms with Crippen LogP contribution < -0.4 is 15.6 Å². The molecule has 25 heavy (non-hydrogen) atoms. The predicted octanol–water partition coefficient (Wildman–Crippen LogP) is 2.75. The summed E-state index contributed by atoms with van der Waals surface area (Å²) >= 11 is 1.39. The lowest BCUT2D eigenvalue weighted by Gasteiger charge is -2.05. The lowest BCUT2D eigenvalue weighted by atomic mass is 10.2. The van der Waals surface area contributed by atoms with E-state index in [0.29, 0.717) is 16.3 Å². The Morgan fingerprint density at radius 2 is 2.08 bits per heavy atom. The lowest BCUT2D eigenvalue weighted by molar-refractivity contribution is 0.102. The van der Waals surface area contributed by atoms with Gasteiger partial charge in [0.05, 0.1) is 13.3 Å². The van der Waals surface area contributed by atoms with Crippen LogP contribution in [-0.2, 0) is 6.42 Å². The van der Waals surface area contributed by atoms with E-state index in [9.17, 15) is 9.59 Å². The fourth-order valence-electron chi connectivity index (χ4n) is 2.28. The molecule has 0 saturated heterocycles. The summed E-state index contributed by atoms with van der Waals surface area (Å²) in [7, 11) is 1.56. The van der Waals surface area contributed by atoms with Crippen molar-refractivity contribution in [2.24, 2.45) is 0 Å². The molecule has 8 heteroatoms. The molecule has 1 N–H and O–H groups in total. The van der Waals surface area contributed by atoms with Gasteiger partial charge in [-0.3, -0.25) is 9.59 Å². The van der Waals surface area contributed by atoms with Gasteiger partial charge in [-0.1, -0.05) is 24.7 Å². The fourth-order valence-corrected chi connectivity index (χ4v) is 3.17. The molecule has 0 aliphatic heterocycles. The third-order valence-electron chi connectivity index (χ3n) is 3.67. The standard InChI is InChI=1S/C17H18N4O3S/c1-3-4-5-14-20-21-16(23)13(10-18-17(21)25-14)19-15(22)11-6-8-12(24-2)9-7-11/h6-10H,3-5H2,1-2H3,(H,19,22). The zero-order valence-corrected chi connectivity index (χ0v) is 14.8. The van der Waals surface area contributed by atoms with Crippen LogP contribution in [0, 0.1) is 0 Å². The molecule has 0 saturated carbocycles. The monoisotopic (exact) mass is 358 g/mol. The van der Waals surface area contributed by atoms with Crippen LogP contribution in [0.2, 0.25) is 0 Å². The number of methoxy groups -OCH3 is 1. The summed E-state index contributed by atoms with van der Waals surface area (Å²) in [5.41, 5.74) is 0.142. The van der Waals surface area contributed by atoms with Crippen LogP contribution >= 0.6 is 11.3 Å². The van der Waals surface area contributed by atoms with E-state index in [1.807, 2.05) is 0 Å². The number of carbonyl (C=O) groups excluding carboxylic acids is 1. The highest BCUT2D eigenvalue weighted by Gasteiger charge is 2.13. The average molecular weight is 358 g/mol. The van der Waals surface area contributed by atoms with E-state index in [1.54, 1.807) is 31.4 Å². The van der Waals surface area contributed by atoms with Crippen molar-refractivity contribution in [2.45, 2.75) is 26.2 Å². The number of nitrogens with zero attached hydrogens (tertiary/aromatic N) is 3. The Hall–Kier alpha value is -2.74. The lowest BCUT2D eigenvalue weighted by Crippen LogP contribution is -2.23. The molecule has 1 aromatic carbocycles. The number of anilines is 1. The van der Waals surface area contributed by atoms with Gasteiger partial charge in [0.1, 0.15) is 16.4 Å². The number of hydrogen-bond donors (Lipinski definition) is 1. The van der Waals surface area contributed by atoms with Gasteiger partial charge in [0, 0.05) is 12.0 Å². The Balaban J connectivity index is 1.84. The summed E-state index contributed by atoms with van der Waals surface area (Å²) in [6.07, 6.45) is 4.26. The molecule has 0 fully saturated rings. The molecule has 3 aromatic rings. The van der Waals surface area contributed by atoms with Crippen molar-refractivity contribution >= 4 is 27.9 Å². The number of rotatable bonds is 6. The molecular formula is C17H18N4O3S. The minimum Gasteiger partial charge on any atom is -0.497 e. The van der Waals surface area contributed by atoms with Crippen LogP contribution in [-0.4, -0.2) is 27.6 Å². The molecule has 0 aliphatic rings. The summed E-state index contributed by atoms with van der Waals surface area (Å²) in [6.45, 7) is 2.10. The molecule has 0 aliphatic carbocycles. The van der Waals surface area contributed by atoms with Gasteiger partial charge in [0.2, 0.25) is 4.96 Å². The van der Waals surface area contributed by atoms with Gasteiger partial charge >= 0.3 is 0 Å². The van der Waals surface area contributed by atoms with Crippen LogP contribution in [0.1, 0.15) is 35.1 Å². The first-order valence-corrected chi connectivity index (χ1v) is 8.77. The quantitative estimate of drug-likeness (QED) is 0.732. The summed E-state index contributed by atoms with van der Waals surface area (Å²) in [4.78, 5) is 29.6. The van der Waals surface area contributed by atoms with Gasteiger partial charge in [-0.05, 0) is 30.7 Å². The van der Waals surface area contributed by atoms with Crippen molar-refractivity contribution < 1.29 is 9.53 Å². The van der Waals surface area contributed by atoms with E-state index in [2.05, 4.69) is 22.3 Å². The molecule has 2 aromatic heterocycles. The number of fused-ring (bicyclic) bond motifs is 1. The number of amides is 1. The van der Waals surface area contributed by atoms with Gasteiger partial charge in [-0.2, -0.15) is 9.61 Å². The molecule has 0 atom stereocenters. The smallest absolute Gasteiger partial charge is 0.298 e. The normalized spacial score (nSPS) is 10.8. The van der Waals surface area contributed by atoms with Crippen LogP contribution in [0.5, 0.6) is 5.75 Å². The number of aromatic nitrogens is 3. The topological polar surface area (TPSA) is 85.6 Å². The number of carbonyl (C=O) groups is 1. The number of ether oxygens (including phenoxy) is 1. The van der Waals surface area contributed by atoms with Gasteiger partial charge in [-0.15, -0.1) is 0 Å². The molecule has 1 amide bonds. The first kappa shape index (κ1) is 17.1. The molecule has 0 bridgehead atoms. The molecular weight excluding hydrogens is 340 g/mol. The molecule has 3 rings (SSSR count). The van der Waals surface area contributed by atoms with Gasteiger partial charge in [0.15, 0.2) is 0 Å². The number of unbranched alkanes of at least 4 members (excludes halogenated alkanes) is 1. The Kier molecular flexibility index (Phi) is 5.08. The van der Waals surface area contributed by atoms with E-state index in [4.69, 9.17) is 4.74 Å². The fraction of sp³-hybridized carbons (Fsp3) is 0.294. The van der Waals surface area contributed by atoms with Crippen molar-refractivity contribution in [2.75, 3.05) is 12.4 Å². The molecule has 0 unspecified atom stereocenters. The van der Waals surface area contributed by atoms with Crippen molar-refractivity contribution in [3.63, 3.8) is 0 Å². The van der Waals surface area contributed by atoms with Crippen LogP contribution in [0.3, 0.4) is 0 Å². The Morgan fingerprint density at radius 1 is 1.32 bits per heavy atom. The second-order valence-electron chi connectivity index (χ2n) is 5.45. The maximum Gasteiger partial charge on any atom is 0.298 e. The van der Waals surface area contributed by atoms with Crippen molar-refractivity contribution in [1.29, 1.82) is 0 Å². The summed E-state index contributed by atoms with van der Waals surface area (Å²) in [6, 6.07) is 6.63. The van der Waals surface area contributed by atoms with Crippen molar-refractivity contribution in [3.05, 3.63) is 51.4 Å². The average Bonchev–Trinajstić information content (AvgIpc) is 3.06. The predicted molar refractivity (Wildman–Crippen MR) is 96.7 cm³/mol. The molecule has 0 spiro atoms. The SMILES string of the molecule is CCCCc1nn2c(=O)c(NC(=O)c3ccc(OC)cc3)cnc2s1. The van der Waals surface area contributed by atoms with Crippen LogP contribution in [0.15, 0.2) is 35.3 Å². The highest BCUT2D eigenvalue weighted by atomic mass is 32.1. The van der Waals surface area contributed by atoms with Gasteiger partial charge in [0.25, 0.3) is 11.5 Å². The number of nitrogens with one attached hydrogen (secondary N) is 1. The van der Waals surface area contributed by atoms with Crippen molar-refractivity contribution in [3.8, 4) is 5.75 Å². The summed E-state index contributed by atoms with van der Waals surface area (Å²) in [5.74, 6) is 0.268. The molecule has 7 nitrogen and oxygen atoms in total. The second-order valence-corrected chi connectivity index (χ2v) is 6.49. The van der Waals surface area contributed by atoms with Gasteiger partial charge < -0.3 is 10.1 Å². The van der Waals surface area contributed by atoms with E-state index in [1.165, 1.54) is 22.0 Å². The van der Waals surface area contributed by atoms with Crippen LogP contribution in [0.4, 0.5) is 5.69 Å². The zero-order chi connectivity index (χ0) is 17.8. The van der Waals surface area contributed by atoms with E-state index in [0.717, 1.165) is 24.3 Å². The third-order valence-corrected chi connectivity index (χ3v) is 4.66. The Morgan fingerprint density at radius 3 is 2.76 bits per heavy atom. The number of hydrogen-bond acceptors (Lipinski definition) is 6. The maximum absolute atomic E-state index is 12.5. The Labute approximate surface area is 148 Å². The second kappa shape index (κ2) is 7.43. The van der Waals surface area contributed by atoms with Gasteiger partial charge in [-0.25, -0.2) is 4.98 Å². The zero-order valence-electron chi connectivity index (χ0n) is 14.0. The van der Waals surface area contributed by atoms with E-state index >= 15 is 0 Å². The van der Waals surface area contributed by atoms with Crippen molar-refractivity contribution in [1.82, 2.24) is 14.6 Å². The summed E-state index contributed by atoms with van der Waals surface area (Å²) in [5, 5.41) is 7.77. The molecule has 2 heterocycles. The first-order valence-electron chi connectivity index (χ1n) is 7.95. The summed E-state index contributed by atoms with van der Waals surface area (Å²) < 4.78 is 6.31. The number of aryl methyl sites for hydroxylation is 1. The molecule has 130 valence electrons.